The molecule has 3 rings (SSSR count). The monoisotopic (exact) mass is 387 g/mol. The lowest BCUT2D eigenvalue weighted by Crippen LogP contribution is -2.37. The average molecular weight is 387 g/mol. The molecule has 0 spiro atoms. The van der Waals surface area contributed by atoms with Crippen molar-refractivity contribution in [2.45, 2.75) is 17.8 Å². The van der Waals surface area contributed by atoms with Gasteiger partial charge in [0.05, 0.1) is 21.3 Å². The van der Waals surface area contributed by atoms with Gasteiger partial charge in [0.25, 0.3) is 0 Å². The van der Waals surface area contributed by atoms with E-state index in [1.807, 2.05) is 18.2 Å². The van der Waals surface area contributed by atoms with Gasteiger partial charge >= 0.3 is 11.5 Å². The van der Waals surface area contributed by atoms with Crippen molar-refractivity contribution >= 4 is 37.5 Å². The van der Waals surface area contributed by atoms with E-state index in [1.165, 1.54) is 18.2 Å². The maximum Gasteiger partial charge on any atom is 0.573 e. The highest BCUT2D eigenvalue weighted by atomic mass is 32.2. The number of nitrogen functional groups attached to an aromatic ring is 1. The summed E-state index contributed by atoms with van der Waals surface area (Å²) in [7, 11) is -1.18. The van der Waals surface area contributed by atoms with E-state index < -0.39 is 17.2 Å². The maximum atomic E-state index is 12.3. The fraction of sp³-hybridized carbons (Fsp3) is 0.188. The molecule has 1 unspecified atom stereocenters. The van der Waals surface area contributed by atoms with Gasteiger partial charge in [-0.05, 0) is 35.6 Å². The molecule has 0 aliphatic rings. The van der Waals surface area contributed by atoms with Crippen LogP contribution in [0.3, 0.4) is 0 Å². The first-order valence-corrected chi connectivity index (χ1v) is 9.38. The number of thiazole rings is 1. The zero-order chi connectivity index (χ0) is 18.0. The van der Waals surface area contributed by atoms with Crippen LogP contribution in [0.4, 0.5) is 18.3 Å². The molecule has 2 aromatic carbocycles. The first-order valence-electron chi connectivity index (χ1n) is 7.24. The highest BCUT2D eigenvalue weighted by Gasteiger charge is 2.31. The molecule has 25 heavy (non-hydrogen) atoms. The highest BCUT2D eigenvalue weighted by molar-refractivity contribution is 7.85. The number of halogens is 3. The van der Waals surface area contributed by atoms with E-state index in [2.05, 4.69) is 4.74 Å². The smallest absolute Gasteiger partial charge is 0.406 e. The van der Waals surface area contributed by atoms with Crippen LogP contribution < -0.4 is 15.0 Å². The van der Waals surface area contributed by atoms with Crippen LogP contribution in [0.5, 0.6) is 5.75 Å². The van der Waals surface area contributed by atoms with Crippen molar-refractivity contribution in [2.24, 2.45) is 0 Å². The zero-order valence-corrected chi connectivity index (χ0v) is 14.5. The molecule has 0 aliphatic carbocycles. The van der Waals surface area contributed by atoms with Gasteiger partial charge in [0.15, 0.2) is 0 Å². The molecule has 0 amide bonds. The van der Waals surface area contributed by atoms with Crippen LogP contribution in [0.15, 0.2) is 53.4 Å². The molecule has 1 aromatic heterocycles. The maximum absolute atomic E-state index is 12.3. The molecule has 2 N–H and O–H groups in total. The Kier molecular flexibility index (Phi) is 4.96. The Morgan fingerprint density at radius 2 is 1.88 bits per heavy atom. The molecule has 0 radical (unpaired) electrons. The molecule has 1 heterocycles. The van der Waals surface area contributed by atoms with E-state index in [9.17, 15) is 17.4 Å². The molecule has 0 aliphatic heterocycles. The minimum absolute atomic E-state index is 0.290. The molecule has 1 atom stereocenters. The number of hydrogen-bond acceptors (Lipinski definition) is 4. The van der Waals surface area contributed by atoms with Crippen LogP contribution in [0.25, 0.3) is 10.2 Å². The number of rotatable bonds is 5. The Balaban J connectivity index is 1.80. The van der Waals surface area contributed by atoms with Gasteiger partial charge in [-0.25, -0.2) is 4.57 Å². The topological polar surface area (TPSA) is 56.2 Å². The van der Waals surface area contributed by atoms with Crippen molar-refractivity contribution in [1.82, 2.24) is 0 Å². The van der Waals surface area contributed by atoms with Crippen molar-refractivity contribution < 1.29 is 26.7 Å². The van der Waals surface area contributed by atoms with E-state index >= 15 is 0 Å². The molecular weight excluding hydrogens is 373 g/mol. The molecule has 0 saturated carbocycles. The average Bonchev–Trinajstić information content (AvgIpc) is 2.86. The Morgan fingerprint density at radius 3 is 2.56 bits per heavy atom. The number of hydrogen-bond donors (Lipinski definition) is 1. The predicted molar refractivity (Wildman–Crippen MR) is 90.8 cm³/mol. The summed E-state index contributed by atoms with van der Waals surface area (Å²) < 4.78 is 55.5. The number of ether oxygens (including phenoxy) is 1. The lowest BCUT2D eigenvalue weighted by Gasteiger charge is -2.08. The van der Waals surface area contributed by atoms with Crippen molar-refractivity contribution in [3.05, 3.63) is 48.5 Å². The Hall–Kier alpha value is -2.13. The standard InChI is InChI=1S/C16H13F3N2O2S2/c17-16(18,19)23-11-6-7-13-14(10-11)24-15(20)21(13)8-9-25(22)12-4-2-1-3-5-12/h1-7,10,20H,8-9H2/p+1. The first-order chi connectivity index (χ1) is 11.8. The van der Waals surface area contributed by atoms with Crippen LogP contribution in [0, 0.1) is 0 Å². The third-order valence-electron chi connectivity index (χ3n) is 3.44. The van der Waals surface area contributed by atoms with Crippen molar-refractivity contribution in [2.75, 3.05) is 11.5 Å². The summed E-state index contributed by atoms with van der Waals surface area (Å²) in [6, 6.07) is 13.1. The third-order valence-corrected chi connectivity index (χ3v) is 5.77. The van der Waals surface area contributed by atoms with Gasteiger partial charge in [-0.3, -0.25) is 9.94 Å². The van der Waals surface area contributed by atoms with Gasteiger partial charge in [-0.1, -0.05) is 18.2 Å². The minimum atomic E-state index is -4.74. The number of alkyl halides is 3. The molecule has 3 aromatic rings. The van der Waals surface area contributed by atoms with E-state index in [-0.39, 0.29) is 5.75 Å². The largest absolute Gasteiger partial charge is 0.573 e. The second kappa shape index (κ2) is 7.01. The first kappa shape index (κ1) is 17.7. The summed E-state index contributed by atoms with van der Waals surface area (Å²) in [5.41, 5.74) is 6.66. The fourth-order valence-corrected chi connectivity index (χ4v) is 4.41. The summed E-state index contributed by atoms with van der Waals surface area (Å²) >= 11 is 1.16. The summed E-state index contributed by atoms with van der Waals surface area (Å²) in [6.45, 7) is 0.396. The van der Waals surface area contributed by atoms with Crippen LogP contribution in [0.2, 0.25) is 0 Å². The molecule has 4 nitrogen and oxygen atoms in total. The molecule has 9 heteroatoms. The van der Waals surface area contributed by atoms with Gasteiger partial charge in [0.2, 0.25) is 0 Å². The molecule has 0 bridgehead atoms. The number of anilines is 1. The Labute approximate surface area is 148 Å². The second-order valence-electron chi connectivity index (χ2n) is 5.13. The number of fused-ring (bicyclic) bond motifs is 1. The van der Waals surface area contributed by atoms with Gasteiger partial charge in [-0.15, -0.1) is 13.2 Å². The van der Waals surface area contributed by atoms with Gasteiger partial charge in [-0.2, -0.15) is 0 Å². The lowest BCUT2D eigenvalue weighted by molar-refractivity contribution is -0.648. The summed E-state index contributed by atoms with van der Waals surface area (Å²) in [4.78, 5) is 0.724. The molecular formula is C16H14F3N2O2S2+. The lowest BCUT2D eigenvalue weighted by atomic mass is 10.3. The molecule has 0 saturated heterocycles. The predicted octanol–water partition coefficient (Wildman–Crippen LogP) is 3.48. The SMILES string of the molecule is Nc1sc2cc(OC(F)(F)F)ccc2[n+]1CCS(=O)c1ccccc1. The van der Waals surface area contributed by atoms with Crippen molar-refractivity contribution in [3.63, 3.8) is 0 Å². The van der Waals surface area contributed by atoms with Crippen LogP contribution in [-0.2, 0) is 17.3 Å². The number of aryl methyl sites for hydroxylation is 1. The van der Waals surface area contributed by atoms with E-state index in [0.29, 0.717) is 27.6 Å². The van der Waals surface area contributed by atoms with Gasteiger partial charge in [0.1, 0.15) is 17.8 Å². The van der Waals surface area contributed by atoms with E-state index in [0.717, 1.165) is 16.2 Å². The Bertz CT molecular complexity index is 911. The van der Waals surface area contributed by atoms with Crippen molar-refractivity contribution in [1.29, 1.82) is 0 Å². The zero-order valence-electron chi connectivity index (χ0n) is 12.8. The second-order valence-corrected chi connectivity index (χ2v) is 7.76. The Morgan fingerprint density at radius 1 is 1.16 bits per heavy atom. The summed E-state index contributed by atoms with van der Waals surface area (Å²) in [5, 5.41) is 0.434. The minimum Gasteiger partial charge on any atom is -0.406 e. The van der Waals surface area contributed by atoms with E-state index in [4.69, 9.17) is 5.73 Å². The molecule has 132 valence electrons. The number of nitrogens with zero attached hydrogens (tertiary/aromatic N) is 1. The van der Waals surface area contributed by atoms with Crippen LogP contribution in [-0.4, -0.2) is 16.3 Å². The fourth-order valence-electron chi connectivity index (χ4n) is 2.38. The number of nitrogens with two attached hydrogens (primary N) is 1. The summed E-state index contributed by atoms with van der Waals surface area (Å²) in [6.07, 6.45) is -4.74. The van der Waals surface area contributed by atoms with E-state index in [1.54, 1.807) is 16.7 Å². The highest BCUT2D eigenvalue weighted by Crippen LogP contribution is 2.29. The van der Waals surface area contributed by atoms with Gasteiger partial charge < -0.3 is 4.74 Å². The van der Waals surface area contributed by atoms with Crippen molar-refractivity contribution in [3.8, 4) is 5.75 Å². The number of benzene rings is 2. The van der Waals surface area contributed by atoms with Crippen LogP contribution >= 0.6 is 11.3 Å². The number of aromatic nitrogens is 1. The third kappa shape index (κ3) is 4.29. The quantitative estimate of drug-likeness (QED) is 0.682. The summed E-state index contributed by atoms with van der Waals surface area (Å²) in [5.74, 6) is 0.0622. The molecule has 0 fully saturated rings. The van der Waals surface area contributed by atoms with Crippen LogP contribution in [0.1, 0.15) is 0 Å². The van der Waals surface area contributed by atoms with Gasteiger partial charge in [0, 0.05) is 11.0 Å². The normalized spacial score (nSPS) is 13.1.